The third-order valence-corrected chi connectivity index (χ3v) is 5.39. The molecule has 1 saturated heterocycles. The smallest absolute Gasteiger partial charge is 0.225 e. The molecule has 1 aromatic heterocycles. The summed E-state index contributed by atoms with van der Waals surface area (Å²) in [6.07, 6.45) is 10.5. The summed E-state index contributed by atoms with van der Waals surface area (Å²) in [7, 11) is 0. The number of amides is 1. The summed E-state index contributed by atoms with van der Waals surface area (Å²) in [4.78, 5) is 21.7. The van der Waals surface area contributed by atoms with Crippen molar-refractivity contribution < 1.29 is 9.53 Å². The Bertz CT molecular complexity index is 511. The topological polar surface area (TPSA) is 45.7 Å². The number of rotatable bonds is 7. The molecule has 0 radical (unpaired) electrons. The third kappa shape index (κ3) is 5.79. The molecule has 0 spiro atoms. The van der Waals surface area contributed by atoms with E-state index in [1.807, 2.05) is 24.5 Å². The molecule has 0 N–H and O–H groups in total. The Balaban J connectivity index is 1.55. The van der Waals surface area contributed by atoms with E-state index in [1.165, 1.54) is 24.8 Å². The molecule has 0 unspecified atom stereocenters. The van der Waals surface area contributed by atoms with Crippen LogP contribution in [0.2, 0.25) is 0 Å². The predicted molar refractivity (Wildman–Crippen MR) is 98.1 cm³/mol. The second-order valence-corrected chi connectivity index (χ2v) is 7.26. The Morgan fingerprint density at radius 2 is 1.88 bits per heavy atom. The Morgan fingerprint density at radius 3 is 2.60 bits per heavy atom. The first-order valence-corrected chi connectivity index (χ1v) is 9.81. The van der Waals surface area contributed by atoms with Crippen LogP contribution < -0.4 is 0 Å². The van der Waals surface area contributed by atoms with Gasteiger partial charge in [0.2, 0.25) is 5.91 Å². The largest absolute Gasteiger partial charge is 0.379 e. The number of carbonyl (C=O) groups is 1. The highest BCUT2D eigenvalue weighted by atomic mass is 16.5. The van der Waals surface area contributed by atoms with E-state index in [0.717, 1.165) is 58.7 Å². The zero-order valence-corrected chi connectivity index (χ0v) is 15.2. The molecule has 138 valence electrons. The Labute approximate surface area is 151 Å². The average Bonchev–Trinajstić information content (AvgIpc) is 2.69. The number of carbonyl (C=O) groups excluding carboxylic acids is 1. The van der Waals surface area contributed by atoms with Crippen LogP contribution >= 0.6 is 0 Å². The molecule has 0 atom stereocenters. The summed E-state index contributed by atoms with van der Waals surface area (Å²) >= 11 is 0. The monoisotopic (exact) mass is 345 g/mol. The average molecular weight is 345 g/mol. The van der Waals surface area contributed by atoms with Crippen LogP contribution in [0.4, 0.5) is 0 Å². The van der Waals surface area contributed by atoms with Gasteiger partial charge in [0.25, 0.3) is 0 Å². The van der Waals surface area contributed by atoms with Gasteiger partial charge in [0.15, 0.2) is 0 Å². The molecule has 2 heterocycles. The Kier molecular flexibility index (Phi) is 7.24. The summed E-state index contributed by atoms with van der Waals surface area (Å²) < 4.78 is 5.41. The molecule has 3 rings (SSSR count). The standard InChI is InChI=1S/C20H31N3O2/c24-20(19-5-2-1-3-6-19)23(17-18-7-9-21-10-8-18)12-4-11-22-13-15-25-16-14-22/h7-10,19H,1-6,11-17H2. The molecule has 5 heteroatoms. The first-order chi connectivity index (χ1) is 12.3. The van der Waals surface area contributed by atoms with Gasteiger partial charge in [-0.05, 0) is 37.0 Å². The van der Waals surface area contributed by atoms with E-state index in [9.17, 15) is 4.79 Å². The molecule has 1 amide bonds. The van der Waals surface area contributed by atoms with Crippen molar-refractivity contribution in [3.8, 4) is 0 Å². The van der Waals surface area contributed by atoms with Crippen LogP contribution in [0, 0.1) is 5.92 Å². The minimum Gasteiger partial charge on any atom is -0.379 e. The normalized spacial score (nSPS) is 19.7. The zero-order valence-electron chi connectivity index (χ0n) is 15.2. The third-order valence-electron chi connectivity index (χ3n) is 5.39. The number of ether oxygens (including phenoxy) is 1. The van der Waals surface area contributed by atoms with Gasteiger partial charge < -0.3 is 9.64 Å². The van der Waals surface area contributed by atoms with Gasteiger partial charge in [-0.15, -0.1) is 0 Å². The van der Waals surface area contributed by atoms with E-state index >= 15 is 0 Å². The van der Waals surface area contributed by atoms with Crippen LogP contribution in [-0.2, 0) is 16.1 Å². The van der Waals surface area contributed by atoms with Crippen molar-refractivity contribution in [2.75, 3.05) is 39.4 Å². The quantitative estimate of drug-likeness (QED) is 0.762. The van der Waals surface area contributed by atoms with Gasteiger partial charge in [-0.25, -0.2) is 0 Å². The molecule has 0 aromatic carbocycles. The number of nitrogens with zero attached hydrogens (tertiary/aromatic N) is 3. The number of morpholine rings is 1. The lowest BCUT2D eigenvalue weighted by Crippen LogP contribution is -2.40. The fraction of sp³-hybridized carbons (Fsp3) is 0.700. The maximum Gasteiger partial charge on any atom is 0.225 e. The van der Waals surface area contributed by atoms with E-state index < -0.39 is 0 Å². The SMILES string of the molecule is O=C(C1CCCCC1)N(CCCN1CCOCC1)Cc1ccncc1. The molecule has 2 aliphatic rings. The Morgan fingerprint density at radius 1 is 1.16 bits per heavy atom. The lowest BCUT2D eigenvalue weighted by atomic mass is 9.88. The van der Waals surface area contributed by atoms with Gasteiger partial charge >= 0.3 is 0 Å². The van der Waals surface area contributed by atoms with Gasteiger partial charge in [-0.1, -0.05) is 19.3 Å². The molecule has 25 heavy (non-hydrogen) atoms. The van der Waals surface area contributed by atoms with Crippen molar-refractivity contribution >= 4 is 5.91 Å². The van der Waals surface area contributed by atoms with Crippen LogP contribution in [-0.4, -0.2) is 60.1 Å². The summed E-state index contributed by atoms with van der Waals surface area (Å²) in [6.45, 7) is 6.30. The summed E-state index contributed by atoms with van der Waals surface area (Å²) in [5, 5.41) is 0. The van der Waals surface area contributed by atoms with Crippen LogP contribution in [0.5, 0.6) is 0 Å². The van der Waals surface area contributed by atoms with Crippen LogP contribution in [0.25, 0.3) is 0 Å². The van der Waals surface area contributed by atoms with Gasteiger partial charge in [0.05, 0.1) is 13.2 Å². The Hall–Kier alpha value is -1.46. The molecular formula is C20H31N3O2. The fourth-order valence-electron chi connectivity index (χ4n) is 3.89. The first-order valence-electron chi connectivity index (χ1n) is 9.81. The molecule has 1 aliphatic carbocycles. The number of pyridine rings is 1. The highest BCUT2D eigenvalue weighted by Gasteiger charge is 2.26. The molecule has 2 fully saturated rings. The van der Waals surface area contributed by atoms with E-state index in [-0.39, 0.29) is 5.92 Å². The summed E-state index contributed by atoms with van der Waals surface area (Å²) in [5.41, 5.74) is 1.17. The molecule has 1 aromatic rings. The fourth-order valence-corrected chi connectivity index (χ4v) is 3.89. The zero-order chi connectivity index (χ0) is 17.3. The van der Waals surface area contributed by atoms with Crippen molar-refractivity contribution in [1.29, 1.82) is 0 Å². The lowest BCUT2D eigenvalue weighted by Gasteiger charge is -2.31. The van der Waals surface area contributed by atoms with E-state index in [1.54, 1.807) is 0 Å². The molecule has 5 nitrogen and oxygen atoms in total. The van der Waals surface area contributed by atoms with Crippen molar-refractivity contribution in [3.05, 3.63) is 30.1 Å². The van der Waals surface area contributed by atoms with Crippen molar-refractivity contribution in [1.82, 2.24) is 14.8 Å². The van der Waals surface area contributed by atoms with Gasteiger partial charge in [0.1, 0.15) is 0 Å². The first kappa shape index (κ1) is 18.3. The van der Waals surface area contributed by atoms with Crippen LogP contribution in [0.15, 0.2) is 24.5 Å². The van der Waals surface area contributed by atoms with Gasteiger partial charge in [0, 0.05) is 51.0 Å². The number of hydrogen-bond donors (Lipinski definition) is 0. The van der Waals surface area contributed by atoms with Crippen molar-refractivity contribution in [2.24, 2.45) is 5.92 Å². The van der Waals surface area contributed by atoms with E-state index in [0.29, 0.717) is 12.5 Å². The summed E-state index contributed by atoms with van der Waals surface area (Å²) in [5.74, 6) is 0.595. The lowest BCUT2D eigenvalue weighted by molar-refractivity contribution is -0.137. The second-order valence-electron chi connectivity index (χ2n) is 7.26. The molecule has 1 aliphatic heterocycles. The maximum atomic E-state index is 13.1. The molecular weight excluding hydrogens is 314 g/mol. The van der Waals surface area contributed by atoms with Crippen LogP contribution in [0.1, 0.15) is 44.1 Å². The predicted octanol–water partition coefficient (Wildman–Crippen LogP) is 2.71. The van der Waals surface area contributed by atoms with E-state index in [4.69, 9.17) is 4.74 Å². The summed E-state index contributed by atoms with van der Waals surface area (Å²) in [6, 6.07) is 4.03. The van der Waals surface area contributed by atoms with E-state index in [2.05, 4.69) is 14.8 Å². The van der Waals surface area contributed by atoms with Gasteiger partial charge in [-0.3, -0.25) is 14.7 Å². The minimum absolute atomic E-state index is 0.235. The second kappa shape index (κ2) is 9.88. The number of aromatic nitrogens is 1. The van der Waals surface area contributed by atoms with Crippen molar-refractivity contribution in [3.63, 3.8) is 0 Å². The highest BCUT2D eigenvalue weighted by Crippen LogP contribution is 2.26. The van der Waals surface area contributed by atoms with Gasteiger partial charge in [-0.2, -0.15) is 0 Å². The minimum atomic E-state index is 0.235. The highest BCUT2D eigenvalue weighted by molar-refractivity contribution is 5.78. The molecule has 1 saturated carbocycles. The number of hydrogen-bond acceptors (Lipinski definition) is 4. The molecule has 0 bridgehead atoms. The van der Waals surface area contributed by atoms with Crippen LogP contribution in [0.3, 0.4) is 0 Å². The maximum absolute atomic E-state index is 13.1. The van der Waals surface area contributed by atoms with Crippen molar-refractivity contribution in [2.45, 2.75) is 45.1 Å².